The number of likely N-dealkylation sites (tertiary alicyclic amines) is 1. The Morgan fingerprint density at radius 3 is 2.67 bits per heavy atom. The maximum absolute atomic E-state index is 12.1. The Balaban J connectivity index is 2.06. The zero-order valence-corrected chi connectivity index (χ0v) is 10.9. The van der Waals surface area contributed by atoms with Gasteiger partial charge in [-0.15, -0.1) is 0 Å². The van der Waals surface area contributed by atoms with Gasteiger partial charge in [0.25, 0.3) is 0 Å². The summed E-state index contributed by atoms with van der Waals surface area (Å²) in [5.74, 6) is 0. The van der Waals surface area contributed by atoms with Crippen molar-refractivity contribution in [1.29, 1.82) is 0 Å². The van der Waals surface area contributed by atoms with Crippen molar-refractivity contribution in [3.8, 4) is 0 Å². The standard InChI is InChI=1S/C14H20N2O2/c1-10-6-11(2)8-12(7-10)15-14(18)16-5-3-4-13(16)9-17/h6-8,13,17H,3-5,9H2,1-2H3,(H,15,18). The lowest BCUT2D eigenvalue weighted by Crippen LogP contribution is -2.40. The van der Waals surface area contributed by atoms with Gasteiger partial charge in [-0.1, -0.05) is 6.07 Å². The fraction of sp³-hybridized carbons (Fsp3) is 0.500. The van der Waals surface area contributed by atoms with Crippen molar-refractivity contribution in [3.63, 3.8) is 0 Å². The van der Waals surface area contributed by atoms with E-state index in [9.17, 15) is 9.90 Å². The molecular formula is C14H20N2O2. The molecule has 4 heteroatoms. The molecular weight excluding hydrogens is 228 g/mol. The van der Waals surface area contributed by atoms with Gasteiger partial charge in [0.15, 0.2) is 0 Å². The summed E-state index contributed by atoms with van der Waals surface area (Å²) in [5, 5.41) is 12.1. The minimum Gasteiger partial charge on any atom is -0.394 e. The number of anilines is 1. The van der Waals surface area contributed by atoms with Crippen LogP contribution in [0.4, 0.5) is 10.5 Å². The van der Waals surface area contributed by atoms with Crippen LogP contribution < -0.4 is 5.32 Å². The Bertz CT molecular complexity index is 425. The molecule has 1 aliphatic rings. The van der Waals surface area contributed by atoms with E-state index in [1.54, 1.807) is 4.90 Å². The van der Waals surface area contributed by atoms with E-state index in [4.69, 9.17) is 0 Å². The second-order valence-electron chi connectivity index (χ2n) is 4.98. The first-order valence-electron chi connectivity index (χ1n) is 6.37. The molecule has 4 nitrogen and oxygen atoms in total. The fourth-order valence-corrected chi connectivity index (χ4v) is 2.54. The third kappa shape index (κ3) is 2.82. The topological polar surface area (TPSA) is 52.6 Å². The van der Waals surface area contributed by atoms with Gasteiger partial charge in [0.2, 0.25) is 0 Å². The summed E-state index contributed by atoms with van der Waals surface area (Å²) in [6.45, 7) is 4.78. The van der Waals surface area contributed by atoms with Crippen molar-refractivity contribution < 1.29 is 9.90 Å². The van der Waals surface area contributed by atoms with Gasteiger partial charge in [0.1, 0.15) is 0 Å². The fourth-order valence-electron chi connectivity index (χ4n) is 2.54. The first-order chi connectivity index (χ1) is 8.60. The SMILES string of the molecule is Cc1cc(C)cc(NC(=O)N2CCCC2CO)c1. The largest absolute Gasteiger partial charge is 0.394 e. The number of aryl methyl sites for hydroxylation is 2. The molecule has 1 saturated heterocycles. The summed E-state index contributed by atoms with van der Waals surface area (Å²) in [4.78, 5) is 13.8. The average Bonchev–Trinajstić information content (AvgIpc) is 2.75. The number of amides is 2. The lowest BCUT2D eigenvalue weighted by atomic mass is 10.1. The highest BCUT2D eigenvalue weighted by molar-refractivity contribution is 5.90. The molecule has 0 saturated carbocycles. The predicted octanol–water partition coefficient (Wildman–Crippen LogP) is 2.29. The highest BCUT2D eigenvalue weighted by atomic mass is 16.3. The van der Waals surface area contributed by atoms with Crippen LogP contribution in [0, 0.1) is 13.8 Å². The van der Waals surface area contributed by atoms with Gasteiger partial charge in [-0.2, -0.15) is 0 Å². The Kier molecular flexibility index (Phi) is 3.87. The van der Waals surface area contributed by atoms with E-state index in [2.05, 4.69) is 11.4 Å². The van der Waals surface area contributed by atoms with Crippen LogP contribution in [0.2, 0.25) is 0 Å². The predicted molar refractivity (Wildman–Crippen MR) is 71.7 cm³/mol. The van der Waals surface area contributed by atoms with Gasteiger partial charge >= 0.3 is 6.03 Å². The molecule has 1 atom stereocenters. The zero-order chi connectivity index (χ0) is 13.1. The van der Waals surface area contributed by atoms with E-state index in [1.807, 2.05) is 26.0 Å². The highest BCUT2D eigenvalue weighted by Crippen LogP contribution is 2.19. The second kappa shape index (κ2) is 5.40. The van der Waals surface area contributed by atoms with E-state index in [0.717, 1.165) is 36.2 Å². The molecule has 1 unspecified atom stereocenters. The van der Waals surface area contributed by atoms with Crippen molar-refractivity contribution >= 4 is 11.7 Å². The summed E-state index contributed by atoms with van der Waals surface area (Å²) in [6.07, 6.45) is 1.85. The molecule has 2 amide bonds. The van der Waals surface area contributed by atoms with Crippen molar-refractivity contribution in [2.24, 2.45) is 0 Å². The van der Waals surface area contributed by atoms with Gasteiger partial charge in [0.05, 0.1) is 12.6 Å². The van der Waals surface area contributed by atoms with Gasteiger partial charge < -0.3 is 15.3 Å². The van der Waals surface area contributed by atoms with Gasteiger partial charge in [-0.25, -0.2) is 4.79 Å². The smallest absolute Gasteiger partial charge is 0.322 e. The van der Waals surface area contributed by atoms with Crippen molar-refractivity contribution in [2.45, 2.75) is 32.7 Å². The molecule has 98 valence electrons. The molecule has 1 fully saturated rings. The van der Waals surface area contributed by atoms with Gasteiger partial charge in [-0.3, -0.25) is 0 Å². The number of aliphatic hydroxyl groups is 1. The minimum atomic E-state index is -0.114. The molecule has 0 aliphatic carbocycles. The van der Waals surface area contributed by atoms with E-state index in [-0.39, 0.29) is 18.7 Å². The normalized spacial score (nSPS) is 19.1. The zero-order valence-electron chi connectivity index (χ0n) is 10.9. The maximum atomic E-state index is 12.1. The van der Waals surface area contributed by atoms with Crippen LogP contribution in [0.15, 0.2) is 18.2 Å². The third-order valence-electron chi connectivity index (χ3n) is 3.32. The molecule has 0 aromatic heterocycles. The van der Waals surface area contributed by atoms with E-state index in [1.165, 1.54) is 0 Å². The molecule has 1 heterocycles. The summed E-state index contributed by atoms with van der Waals surface area (Å²) < 4.78 is 0. The molecule has 0 spiro atoms. The van der Waals surface area contributed by atoms with Crippen LogP contribution in [-0.2, 0) is 0 Å². The number of hydrogen-bond acceptors (Lipinski definition) is 2. The lowest BCUT2D eigenvalue weighted by Gasteiger charge is -2.23. The van der Waals surface area contributed by atoms with Crippen LogP contribution in [-0.4, -0.2) is 35.2 Å². The number of rotatable bonds is 2. The van der Waals surface area contributed by atoms with Crippen LogP contribution >= 0.6 is 0 Å². The van der Waals surface area contributed by atoms with Crippen molar-refractivity contribution in [3.05, 3.63) is 29.3 Å². The number of urea groups is 1. The van der Waals surface area contributed by atoms with Gasteiger partial charge in [-0.05, 0) is 49.9 Å². The summed E-state index contributed by atoms with van der Waals surface area (Å²) in [6, 6.07) is 5.83. The highest BCUT2D eigenvalue weighted by Gasteiger charge is 2.27. The Morgan fingerprint density at radius 1 is 1.39 bits per heavy atom. The Hall–Kier alpha value is -1.55. The molecule has 1 aromatic rings. The number of hydrogen-bond donors (Lipinski definition) is 2. The molecule has 0 bridgehead atoms. The number of carbonyl (C=O) groups excluding carboxylic acids is 1. The molecule has 0 radical (unpaired) electrons. The minimum absolute atomic E-state index is 0.0316. The molecule has 2 N–H and O–H groups in total. The number of benzene rings is 1. The Labute approximate surface area is 108 Å². The Morgan fingerprint density at radius 2 is 2.06 bits per heavy atom. The quantitative estimate of drug-likeness (QED) is 0.843. The number of carbonyl (C=O) groups is 1. The molecule has 1 aromatic carbocycles. The summed E-state index contributed by atoms with van der Waals surface area (Å²) in [5.41, 5.74) is 3.08. The third-order valence-corrected chi connectivity index (χ3v) is 3.32. The van der Waals surface area contributed by atoms with E-state index in [0.29, 0.717) is 0 Å². The van der Waals surface area contributed by atoms with Crippen molar-refractivity contribution in [1.82, 2.24) is 4.90 Å². The first kappa shape index (κ1) is 12.9. The second-order valence-corrected chi connectivity index (χ2v) is 4.98. The van der Waals surface area contributed by atoms with Crippen LogP contribution in [0.3, 0.4) is 0 Å². The van der Waals surface area contributed by atoms with Crippen molar-refractivity contribution in [2.75, 3.05) is 18.5 Å². The van der Waals surface area contributed by atoms with E-state index >= 15 is 0 Å². The number of nitrogens with one attached hydrogen (secondary N) is 1. The van der Waals surface area contributed by atoms with Crippen LogP contribution in [0.1, 0.15) is 24.0 Å². The monoisotopic (exact) mass is 248 g/mol. The average molecular weight is 248 g/mol. The number of aliphatic hydroxyl groups excluding tert-OH is 1. The molecule has 2 rings (SSSR count). The van der Waals surface area contributed by atoms with Crippen LogP contribution in [0.25, 0.3) is 0 Å². The molecule has 1 aliphatic heterocycles. The summed E-state index contributed by atoms with van der Waals surface area (Å²) in [7, 11) is 0. The maximum Gasteiger partial charge on any atom is 0.322 e. The molecule has 18 heavy (non-hydrogen) atoms. The van der Waals surface area contributed by atoms with Crippen LogP contribution in [0.5, 0.6) is 0 Å². The van der Waals surface area contributed by atoms with E-state index < -0.39 is 0 Å². The first-order valence-corrected chi connectivity index (χ1v) is 6.37. The number of nitrogens with zero attached hydrogens (tertiary/aromatic N) is 1. The lowest BCUT2D eigenvalue weighted by molar-refractivity contribution is 0.166. The summed E-state index contributed by atoms with van der Waals surface area (Å²) >= 11 is 0. The van der Waals surface area contributed by atoms with Gasteiger partial charge in [0, 0.05) is 12.2 Å².